The fraction of sp³-hybridized carbons (Fsp3) is 0.222. The van der Waals surface area contributed by atoms with Crippen molar-refractivity contribution in [2.75, 3.05) is 16.2 Å². The molecule has 31 heavy (non-hydrogen) atoms. The summed E-state index contributed by atoms with van der Waals surface area (Å²) in [5.74, 6) is -1.21. The van der Waals surface area contributed by atoms with Crippen LogP contribution in [-0.4, -0.2) is 52.2 Å². The van der Waals surface area contributed by atoms with Gasteiger partial charge >= 0.3 is 12.0 Å². The van der Waals surface area contributed by atoms with E-state index in [-0.39, 0.29) is 23.9 Å². The van der Waals surface area contributed by atoms with Gasteiger partial charge in [0.25, 0.3) is 10.0 Å². The molecule has 0 aliphatic rings. The molecule has 0 saturated carbocycles. The quantitative estimate of drug-likeness (QED) is 0.539. The van der Waals surface area contributed by atoms with Gasteiger partial charge in [-0.15, -0.1) is 0 Å². The van der Waals surface area contributed by atoms with Gasteiger partial charge in [-0.05, 0) is 39.0 Å². The SMILES string of the molecule is CCOC(=O)c1cn[nH]c1S(=O)(=O)N(C(=O)Nc1nc(C)cc(C)n1)c1ccccn1. The lowest BCUT2D eigenvalue weighted by atomic mass is 10.4. The van der Waals surface area contributed by atoms with Crippen molar-refractivity contribution in [1.82, 2.24) is 25.1 Å². The highest BCUT2D eigenvalue weighted by atomic mass is 32.2. The summed E-state index contributed by atoms with van der Waals surface area (Å²) < 4.78 is 32.1. The molecular weight excluding hydrogens is 426 g/mol. The van der Waals surface area contributed by atoms with E-state index in [0.29, 0.717) is 15.7 Å². The highest BCUT2D eigenvalue weighted by Crippen LogP contribution is 2.24. The van der Waals surface area contributed by atoms with Crippen molar-refractivity contribution < 1.29 is 22.7 Å². The second kappa shape index (κ2) is 8.87. The number of hydrogen-bond donors (Lipinski definition) is 2. The van der Waals surface area contributed by atoms with Crippen LogP contribution in [0.3, 0.4) is 0 Å². The number of aromatic nitrogens is 5. The summed E-state index contributed by atoms with van der Waals surface area (Å²) in [5.41, 5.74) is 0.805. The van der Waals surface area contributed by atoms with Crippen LogP contribution in [0.2, 0.25) is 0 Å². The summed E-state index contributed by atoms with van der Waals surface area (Å²) in [6, 6.07) is 4.97. The Morgan fingerprint density at radius 3 is 2.52 bits per heavy atom. The molecule has 0 spiro atoms. The average molecular weight is 445 g/mol. The summed E-state index contributed by atoms with van der Waals surface area (Å²) in [7, 11) is -4.66. The van der Waals surface area contributed by atoms with E-state index < -0.39 is 27.0 Å². The lowest BCUT2D eigenvalue weighted by Crippen LogP contribution is -2.41. The maximum atomic E-state index is 13.4. The minimum absolute atomic E-state index is 0.0258. The van der Waals surface area contributed by atoms with Gasteiger partial charge in [0.2, 0.25) is 5.95 Å². The molecule has 0 unspecified atom stereocenters. The third kappa shape index (κ3) is 4.66. The van der Waals surface area contributed by atoms with Gasteiger partial charge < -0.3 is 4.74 Å². The van der Waals surface area contributed by atoms with Crippen LogP contribution in [-0.2, 0) is 14.8 Å². The number of aromatic amines is 1. The highest BCUT2D eigenvalue weighted by molar-refractivity contribution is 7.93. The maximum absolute atomic E-state index is 13.4. The Labute approximate surface area is 177 Å². The zero-order valence-electron chi connectivity index (χ0n) is 16.9. The van der Waals surface area contributed by atoms with Gasteiger partial charge in [0.15, 0.2) is 10.8 Å². The Kier molecular flexibility index (Phi) is 6.25. The van der Waals surface area contributed by atoms with Crippen LogP contribution in [0.4, 0.5) is 16.6 Å². The number of aryl methyl sites for hydroxylation is 2. The molecule has 0 bridgehead atoms. The fourth-order valence-corrected chi connectivity index (χ4v) is 4.04. The smallest absolute Gasteiger partial charge is 0.344 e. The van der Waals surface area contributed by atoms with E-state index in [1.807, 2.05) is 0 Å². The number of anilines is 2. The normalized spacial score (nSPS) is 11.1. The summed E-state index contributed by atoms with van der Waals surface area (Å²) in [6.07, 6.45) is 2.32. The first kappa shape index (κ1) is 21.8. The van der Waals surface area contributed by atoms with Gasteiger partial charge in [-0.2, -0.15) is 17.8 Å². The second-order valence-corrected chi connectivity index (χ2v) is 7.92. The zero-order valence-corrected chi connectivity index (χ0v) is 17.7. The standard InChI is InChI=1S/C18H19N7O5S/c1-4-30-16(26)13-10-20-24-15(13)31(28,29)25(14-7-5-6-8-19-14)18(27)23-17-21-11(2)9-12(3)22-17/h5-10H,4H2,1-3H3,(H,20,24)(H,21,22,23,27). The van der Waals surface area contributed by atoms with Crippen molar-refractivity contribution in [2.45, 2.75) is 25.8 Å². The predicted octanol–water partition coefficient (Wildman–Crippen LogP) is 1.82. The van der Waals surface area contributed by atoms with Crippen LogP contribution < -0.4 is 9.62 Å². The van der Waals surface area contributed by atoms with E-state index in [0.717, 1.165) is 6.20 Å². The molecule has 0 fully saturated rings. The fourth-order valence-electron chi connectivity index (χ4n) is 2.65. The molecule has 2 N–H and O–H groups in total. The lowest BCUT2D eigenvalue weighted by Gasteiger charge is -2.21. The van der Waals surface area contributed by atoms with E-state index in [4.69, 9.17) is 4.74 Å². The molecule has 3 rings (SSSR count). The Balaban J connectivity index is 2.07. The van der Waals surface area contributed by atoms with Gasteiger partial charge in [-0.3, -0.25) is 10.4 Å². The molecule has 0 aliphatic heterocycles. The summed E-state index contributed by atoms with van der Waals surface area (Å²) >= 11 is 0. The van der Waals surface area contributed by atoms with E-state index in [1.54, 1.807) is 32.9 Å². The van der Waals surface area contributed by atoms with Crippen molar-refractivity contribution in [3.63, 3.8) is 0 Å². The number of nitrogens with one attached hydrogen (secondary N) is 2. The number of hydrogen-bond acceptors (Lipinski definition) is 9. The Morgan fingerprint density at radius 2 is 1.90 bits per heavy atom. The number of amides is 2. The third-order valence-corrected chi connectivity index (χ3v) is 5.50. The molecule has 0 aliphatic carbocycles. The highest BCUT2D eigenvalue weighted by Gasteiger charge is 2.37. The van der Waals surface area contributed by atoms with Crippen molar-refractivity contribution in [3.05, 3.63) is 53.6 Å². The maximum Gasteiger partial charge on any atom is 0.344 e. The van der Waals surface area contributed by atoms with Gasteiger partial charge in [-0.1, -0.05) is 6.07 Å². The van der Waals surface area contributed by atoms with Crippen LogP contribution in [0.25, 0.3) is 0 Å². The molecule has 2 amide bonds. The van der Waals surface area contributed by atoms with Gasteiger partial charge in [0.05, 0.1) is 12.8 Å². The van der Waals surface area contributed by atoms with Gasteiger partial charge in [-0.25, -0.2) is 24.5 Å². The van der Waals surface area contributed by atoms with Crippen molar-refractivity contribution >= 4 is 33.8 Å². The molecule has 3 aromatic heterocycles. The first-order chi connectivity index (χ1) is 14.7. The molecule has 3 heterocycles. The van der Waals surface area contributed by atoms with E-state index in [2.05, 4.69) is 30.5 Å². The first-order valence-corrected chi connectivity index (χ1v) is 10.5. The summed E-state index contributed by atoms with van der Waals surface area (Å²) in [5, 5.41) is 7.62. The first-order valence-electron chi connectivity index (χ1n) is 9.04. The molecule has 0 atom stereocenters. The molecule has 0 saturated heterocycles. The van der Waals surface area contributed by atoms with Crippen molar-refractivity contribution in [2.24, 2.45) is 0 Å². The molecule has 0 radical (unpaired) electrons. The number of urea groups is 1. The zero-order chi connectivity index (χ0) is 22.6. The number of esters is 1. The number of nitrogens with zero attached hydrogens (tertiary/aromatic N) is 5. The van der Waals surface area contributed by atoms with Crippen molar-refractivity contribution in [1.29, 1.82) is 0 Å². The summed E-state index contributed by atoms with van der Waals surface area (Å²) in [6.45, 7) is 5.00. The number of ether oxygens (including phenoxy) is 1. The Hall–Kier alpha value is -3.87. The minimum atomic E-state index is -4.66. The van der Waals surface area contributed by atoms with Crippen LogP contribution >= 0.6 is 0 Å². The minimum Gasteiger partial charge on any atom is -0.462 e. The number of carbonyl (C=O) groups excluding carboxylic acids is 2. The second-order valence-electron chi connectivity index (χ2n) is 6.20. The molecule has 3 aromatic rings. The monoisotopic (exact) mass is 445 g/mol. The van der Waals surface area contributed by atoms with Crippen LogP contribution in [0.5, 0.6) is 0 Å². The van der Waals surface area contributed by atoms with Crippen LogP contribution in [0, 0.1) is 13.8 Å². The summed E-state index contributed by atoms with van der Waals surface area (Å²) in [4.78, 5) is 37.3. The average Bonchev–Trinajstić information content (AvgIpc) is 3.19. The van der Waals surface area contributed by atoms with Crippen LogP contribution in [0.1, 0.15) is 28.7 Å². The molecule has 162 valence electrons. The number of H-pyrrole nitrogens is 1. The molecule has 13 heteroatoms. The molecular formula is C18H19N7O5S. The number of pyridine rings is 1. The van der Waals surface area contributed by atoms with Crippen LogP contribution in [0.15, 0.2) is 41.7 Å². The number of sulfonamides is 1. The van der Waals surface area contributed by atoms with Gasteiger partial charge in [0.1, 0.15) is 5.56 Å². The van der Waals surface area contributed by atoms with E-state index >= 15 is 0 Å². The number of carbonyl (C=O) groups is 2. The predicted molar refractivity (Wildman–Crippen MR) is 109 cm³/mol. The van der Waals surface area contributed by atoms with E-state index in [9.17, 15) is 18.0 Å². The number of rotatable bonds is 6. The lowest BCUT2D eigenvalue weighted by molar-refractivity contribution is 0.0522. The molecule has 12 nitrogen and oxygen atoms in total. The van der Waals surface area contributed by atoms with E-state index in [1.165, 1.54) is 18.3 Å². The Morgan fingerprint density at radius 1 is 1.19 bits per heavy atom. The Bertz CT molecular complexity index is 1190. The third-order valence-electron chi connectivity index (χ3n) is 3.84. The van der Waals surface area contributed by atoms with Gasteiger partial charge in [0, 0.05) is 17.6 Å². The molecule has 0 aromatic carbocycles. The topological polar surface area (TPSA) is 160 Å². The largest absolute Gasteiger partial charge is 0.462 e. The van der Waals surface area contributed by atoms with Crippen molar-refractivity contribution in [3.8, 4) is 0 Å².